The highest BCUT2D eigenvalue weighted by Gasteiger charge is 2.42. The van der Waals surface area contributed by atoms with Crippen molar-refractivity contribution in [2.75, 3.05) is 0 Å². The molecule has 2 heteroatoms. The van der Waals surface area contributed by atoms with Crippen molar-refractivity contribution in [1.82, 2.24) is 0 Å². The van der Waals surface area contributed by atoms with Crippen molar-refractivity contribution in [3.05, 3.63) is 96.5 Å². The average molecular weight is 515 g/mol. The molecule has 0 saturated heterocycles. The van der Waals surface area contributed by atoms with Crippen molar-refractivity contribution < 1.29 is 9.47 Å². The summed E-state index contributed by atoms with van der Waals surface area (Å²) >= 11 is 0. The van der Waals surface area contributed by atoms with Crippen LogP contribution in [0.1, 0.15) is 91.2 Å². The fourth-order valence-electron chi connectivity index (χ4n) is 7.16. The fourth-order valence-corrected chi connectivity index (χ4v) is 7.16. The lowest BCUT2D eigenvalue weighted by Gasteiger charge is -2.44. The Morgan fingerprint density at radius 1 is 0.579 bits per heavy atom. The third-order valence-corrected chi connectivity index (χ3v) is 9.77. The van der Waals surface area contributed by atoms with Crippen LogP contribution in [0.15, 0.2) is 85.3 Å². The molecule has 2 aromatic rings. The van der Waals surface area contributed by atoms with Crippen LogP contribution in [0.5, 0.6) is 0 Å². The maximum atomic E-state index is 6.43. The molecule has 2 nitrogen and oxygen atoms in total. The van der Waals surface area contributed by atoms with Crippen molar-refractivity contribution in [3.63, 3.8) is 0 Å². The molecule has 6 atom stereocenters. The number of ether oxygens (including phenoxy) is 2. The summed E-state index contributed by atoms with van der Waals surface area (Å²) in [4.78, 5) is 0. The van der Waals surface area contributed by atoms with Crippen molar-refractivity contribution in [1.29, 1.82) is 0 Å². The molecule has 0 spiro atoms. The summed E-state index contributed by atoms with van der Waals surface area (Å²) in [6, 6.07) is 21.9. The zero-order chi connectivity index (χ0) is 27.2. The third-order valence-electron chi connectivity index (χ3n) is 9.77. The SMILES string of the molecule is CC1CCC(C(C)(C)c2ccccc2)C(O/C=C/C=C/OC2CC(C)CCC2C(C)(C)c2ccccc2)C1. The summed E-state index contributed by atoms with van der Waals surface area (Å²) in [6.45, 7) is 14.3. The summed E-state index contributed by atoms with van der Waals surface area (Å²) in [5.74, 6) is 2.40. The van der Waals surface area contributed by atoms with Gasteiger partial charge in [0.15, 0.2) is 0 Å². The average Bonchev–Trinajstić information content (AvgIpc) is 2.91. The van der Waals surface area contributed by atoms with Crippen molar-refractivity contribution >= 4 is 0 Å². The normalized spacial score (nSPS) is 29.0. The van der Waals surface area contributed by atoms with Gasteiger partial charge in [-0.15, -0.1) is 0 Å². The van der Waals surface area contributed by atoms with Crippen LogP contribution in [-0.4, -0.2) is 12.2 Å². The predicted molar refractivity (Wildman–Crippen MR) is 160 cm³/mol. The van der Waals surface area contributed by atoms with Gasteiger partial charge in [-0.3, -0.25) is 0 Å². The fraction of sp³-hybridized carbons (Fsp3) is 0.556. The van der Waals surface area contributed by atoms with E-state index in [0.29, 0.717) is 23.7 Å². The standard InChI is InChI=1S/C36H50O2/c1-27-19-21-31(35(3,4)29-15-9-7-10-16-29)33(25-27)37-23-13-14-24-38-34-26-28(2)20-22-32(34)36(5,6)30-17-11-8-12-18-30/h7-18,23-24,27-28,31-34H,19-22,25-26H2,1-6H3/b23-13+,24-14+. The van der Waals surface area contributed by atoms with E-state index in [2.05, 4.69) is 102 Å². The van der Waals surface area contributed by atoms with Crippen LogP contribution in [0, 0.1) is 23.7 Å². The molecule has 0 radical (unpaired) electrons. The van der Waals surface area contributed by atoms with Crippen LogP contribution in [0.2, 0.25) is 0 Å². The van der Waals surface area contributed by atoms with Gasteiger partial charge in [0.25, 0.3) is 0 Å². The van der Waals surface area contributed by atoms with Crippen LogP contribution in [0.3, 0.4) is 0 Å². The first-order valence-corrected chi connectivity index (χ1v) is 14.9. The zero-order valence-electron chi connectivity index (χ0n) is 24.6. The molecule has 38 heavy (non-hydrogen) atoms. The molecule has 0 aromatic heterocycles. The van der Waals surface area contributed by atoms with Crippen LogP contribution >= 0.6 is 0 Å². The lowest BCUT2D eigenvalue weighted by atomic mass is 9.64. The Bertz CT molecular complexity index is 950. The van der Waals surface area contributed by atoms with E-state index in [9.17, 15) is 0 Å². The van der Waals surface area contributed by atoms with Gasteiger partial charge >= 0.3 is 0 Å². The second-order valence-electron chi connectivity index (χ2n) is 13.2. The molecule has 2 aliphatic carbocycles. The molecule has 4 rings (SSSR count). The van der Waals surface area contributed by atoms with Gasteiger partial charge in [-0.2, -0.15) is 0 Å². The van der Waals surface area contributed by atoms with Gasteiger partial charge in [0.1, 0.15) is 12.2 Å². The Hall–Kier alpha value is -2.48. The number of allylic oxidation sites excluding steroid dienone is 2. The maximum absolute atomic E-state index is 6.43. The predicted octanol–water partition coefficient (Wildman–Crippen LogP) is 9.61. The highest BCUT2D eigenvalue weighted by atomic mass is 16.5. The summed E-state index contributed by atoms with van der Waals surface area (Å²) in [6.07, 6.45) is 15.5. The molecular formula is C36H50O2. The zero-order valence-corrected chi connectivity index (χ0v) is 24.6. The van der Waals surface area contributed by atoms with Gasteiger partial charge in [0.05, 0.1) is 12.5 Å². The molecule has 2 saturated carbocycles. The minimum atomic E-state index is 0.0805. The number of hydrogen-bond acceptors (Lipinski definition) is 2. The summed E-state index contributed by atoms with van der Waals surface area (Å²) < 4.78 is 12.9. The van der Waals surface area contributed by atoms with Crippen molar-refractivity contribution in [3.8, 4) is 0 Å². The highest BCUT2D eigenvalue weighted by molar-refractivity contribution is 5.26. The summed E-state index contributed by atoms with van der Waals surface area (Å²) in [5.41, 5.74) is 2.97. The second-order valence-corrected chi connectivity index (χ2v) is 13.2. The Balaban J connectivity index is 1.37. The Morgan fingerprint density at radius 3 is 1.32 bits per heavy atom. The second kappa shape index (κ2) is 12.6. The lowest BCUT2D eigenvalue weighted by molar-refractivity contribution is 0.00112. The van der Waals surface area contributed by atoms with Crippen molar-refractivity contribution in [2.24, 2.45) is 23.7 Å². The van der Waals surface area contributed by atoms with Gasteiger partial charge in [-0.25, -0.2) is 0 Å². The minimum Gasteiger partial charge on any atom is -0.498 e. The molecule has 0 aliphatic heterocycles. The number of rotatable bonds is 9. The highest BCUT2D eigenvalue weighted by Crippen LogP contribution is 2.45. The van der Waals surface area contributed by atoms with Gasteiger partial charge in [-0.1, -0.05) is 115 Å². The van der Waals surface area contributed by atoms with Gasteiger partial charge in [0, 0.05) is 11.8 Å². The third kappa shape index (κ3) is 6.74. The van der Waals surface area contributed by atoms with Crippen LogP contribution in [0.25, 0.3) is 0 Å². The molecule has 0 heterocycles. The molecule has 2 fully saturated rings. The summed E-state index contributed by atoms with van der Waals surface area (Å²) in [5, 5.41) is 0. The maximum Gasteiger partial charge on any atom is 0.102 e. The molecule has 0 amide bonds. The number of hydrogen-bond donors (Lipinski definition) is 0. The Kier molecular flexibility index (Phi) is 9.45. The van der Waals surface area contributed by atoms with Gasteiger partial charge in [0.2, 0.25) is 0 Å². The topological polar surface area (TPSA) is 18.5 Å². The first kappa shape index (κ1) is 28.5. The first-order valence-electron chi connectivity index (χ1n) is 14.9. The van der Waals surface area contributed by atoms with E-state index in [1.165, 1.54) is 36.8 Å². The van der Waals surface area contributed by atoms with E-state index in [0.717, 1.165) is 12.8 Å². The van der Waals surface area contributed by atoms with Gasteiger partial charge < -0.3 is 9.47 Å². The van der Waals surface area contributed by atoms with Crippen molar-refractivity contribution in [2.45, 2.75) is 103 Å². The molecule has 2 aromatic carbocycles. The molecule has 0 N–H and O–H groups in total. The largest absolute Gasteiger partial charge is 0.498 e. The molecule has 2 aliphatic rings. The quantitative estimate of drug-likeness (QED) is 0.245. The lowest BCUT2D eigenvalue weighted by Crippen LogP contribution is -2.42. The molecular weight excluding hydrogens is 464 g/mol. The van der Waals surface area contributed by atoms with E-state index in [1.54, 1.807) is 0 Å². The van der Waals surface area contributed by atoms with Crippen LogP contribution < -0.4 is 0 Å². The van der Waals surface area contributed by atoms with E-state index < -0.39 is 0 Å². The van der Waals surface area contributed by atoms with Crippen LogP contribution in [0.4, 0.5) is 0 Å². The smallest absolute Gasteiger partial charge is 0.102 e. The van der Waals surface area contributed by atoms with E-state index in [4.69, 9.17) is 9.47 Å². The Labute approximate surface area is 232 Å². The first-order chi connectivity index (χ1) is 18.2. The monoisotopic (exact) mass is 514 g/mol. The van der Waals surface area contributed by atoms with E-state index in [-0.39, 0.29) is 23.0 Å². The van der Waals surface area contributed by atoms with E-state index in [1.807, 2.05) is 24.7 Å². The molecule has 0 bridgehead atoms. The molecule has 206 valence electrons. The Morgan fingerprint density at radius 2 is 0.947 bits per heavy atom. The number of benzene rings is 2. The van der Waals surface area contributed by atoms with Gasteiger partial charge in [-0.05, 0) is 71.6 Å². The molecule has 6 unspecified atom stereocenters. The summed E-state index contributed by atoms with van der Waals surface area (Å²) in [7, 11) is 0. The van der Waals surface area contributed by atoms with Crippen LogP contribution in [-0.2, 0) is 20.3 Å². The van der Waals surface area contributed by atoms with E-state index >= 15 is 0 Å². The minimum absolute atomic E-state index is 0.0805.